The minimum atomic E-state index is 0.386. The largest absolute Gasteiger partial charge is 0.361 e. The highest BCUT2D eigenvalue weighted by Crippen LogP contribution is 2.41. The average Bonchev–Trinajstić information content (AvgIpc) is 3.06. The molecule has 0 radical (unpaired) electrons. The number of nitrogens with zero attached hydrogens (tertiary/aromatic N) is 2. The zero-order valence-corrected chi connectivity index (χ0v) is 15.2. The van der Waals surface area contributed by atoms with Gasteiger partial charge in [-0.25, -0.2) is 4.98 Å². The maximum atomic E-state index is 4.84. The predicted octanol–water partition coefficient (Wildman–Crippen LogP) is 5.18. The number of fused-ring (bicyclic) bond motifs is 1. The summed E-state index contributed by atoms with van der Waals surface area (Å²) in [5.41, 5.74) is 3.64. The summed E-state index contributed by atoms with van der Waals surface area (Å²) in [6.45, 7) is 6.58. The van der Waals surface area contributed by atoms with E-state index in [0.29, 0.717) is 12.0 Å². The maximum Gasteiger partial charge on any atom is 0.148 e. The van der Waals surface area contributed by atoms with Crippen molar-refractivity contribution in [3.05, 3.63) is 39.5 Å². The molecule has 3 nitrogen and oxygen atoms in total. The molecule has 0 amide bonds. The fraction of sp³-hybridized carbons (Fsp3) is 0.579. The second-order valence-corrected chi connectivity index (χ2v) is 7.37. The lowest BCUT2D eigenvalue weighted by atomic mass is 9.81. The normalized spacial score (nSPS) is 20.3. The van der Waals surface area contributed by atoms with E-state index < -0.39 is 0 Å². The van der Waals surface area contributed by atoms with E-state index >= 15 is 0 Å². The highest BCUT2D eigenvalue weighted by molar-refractivity contribution is 7.10. The lowest BCUT2D eigenvalue weighted by molar-refractivity contribution is 0.372. The van der Waals surface area contributed by atoms with Crippen LogP contribution in [-0.4, -0.2) is 9.97 Å². The first-order valence-electron chi connectivity index (χ1n) is 8.94. The molecule has 0 saturated carbocycles. The highest BCUT2D eigenvalue weighted by Gasteiger charge is 2.30. The Labute approximate surface area is 143 Å². The van der Waals surface area contributed by atoms with Gasteiger partial charge in [-0.1, -0.05) is 27.2 Å². The molecule has 1 N–H and O–H groups in total. The van der Waals surface area contributed by atoms with Crippen LogP contribution >= 0.6 is 11.3 Å². The first-order valence-corrected chi connectivity index (χ1v) is 9.82. The Bertz CT molecular complexity index is 650. The minimum absolute atomic E-state index is 0.386. The van der Waals surface area contributed by atoms with Gasteiger partial charge in [0.05, 0.1) is 17.4 Å². The van der Waals surface area contributed by atoms with Gasteiger partial charge in [0.15, 0.2) is 0 Å². The third-order valence-electron chi connectivity index (χ3n) is 4.88. The van der Waals surface area contributed by atoms with E-state index in [1.54, 1.807) is 4.88 Å². The number of thiophene rings is 1. The molecule has 0 aliphatic heterocycles. The number of hydrogen-bond donors (Lipinski definition) is 1. The number of anilines is 1. The van der Waals surface area contributed by atoms with Gasteiger partial charge < -0.3 is 5.32 Å². The smallest absolute Gasteiger partial charge is 0.148 e. The maximum absolute atomic E-state index is 4.84. The van der Waals surface area contributed by atoms with E-state index in [1.165, 1.54) is 31.2 Å². The van der Waals surface area contributed by atoms with E-state index in [4.69, 9.17) is 4.98 Å². The Morgan fingerprint density at radius 1 is 1.26 bits per heavy atom. The monoisotopic (exact) mass is 329 g/mol. The highest BCUT2D eigenvalue weighted by atomic mass is 32.1. The molecule has 23 heavy (non-hydrogen) atoms. The van der Waals surface area contributed by atoms with Crippen molar-refractivity contribution < 1.29 is 0 Å². The van der Waals surface area contributed by atoms with Gasteiger partial charge in [-0.15, -0.1) is 11.3 Å². The van der Waals surface area contributed by atoms with Crippen LogP contribution < -0.4 is 5.32 Å². The summed E-state index contributed by atoms with van der Waals surface area (Å²) >= 11 is 1.90. The van der Waals surface area contributed by atoms with Crippen molar-refractivity contribution in [2.75, 3.05) is 5.32 Å². The zero-order valence-electron chi connectivity index (χ0n) is 14.4. The second-order valence-electron chi connectivity index (χ2n) is 6.37. The summed E-state index contributed by atoms with van der Waals surface area (Å²) < 4.78 is 0. The lowest BCUT2D eigenvalue weighted by Crippen LogP contribution is -2.27. The molecule has 1 aliphatic carbocycles. The van der Waals surface area contributed by atoms with Gasteiger partial charge in [0.2, 0.25) is 0 Å². The van der Waals surface area contributed by atoms with E-state index in [0.717, 1.165) is 30.0 Å². The molecule has 1 aliphatic rings. The number of hydrogen-bond acceptors (Lipinski definition) is 4. The van der Waals surface area contributed by atoms with Crippen LogP contribution in [-0.2, 0) is 19.3 Å². The SMILES string of the molecule is CCC[C@@H]1CCc2sccc2[C@H]1Nc1nc(CC)cnc1CC. The molecule has 2 aromatic heterocycles. The Morgan fingerprint density at radius 2 is 2.13 bits per heavy atom. The topological polar surface area (TPSA) is 37.8 Å². The molecule has 0 spiro atoms. The molecule has 0 aromatic carbocycles. The molecule has 2 aromatic rings. The molecule has 0 fully saturated rings. The van der Waals surface area contributed by atoms with Crippen LogP contribution in [0.4, 0.5) is 5.82 Å². The van der Waals surface area contributed by atoms with Crippen molar-refractivity contribution in [1.29, 1.82) is 0 Å². The fourth-order valence-electron chi connectivity index (χ4n) is 3.59. The fourth-order valence-corrected chi connectivity index (χ4v) is 4.53. The standard InChI is InChI=1S/C19H27N3S/c1-4-7-13-8-9-17-15(10-11-23-17)18(13)22-19-16(6-3)20-12-14(5-2)21-19/h10-13,18H,4-9H2,1-3H3,(H,21,22)/t13-,18+/m1/s1. The molecule has 2 atom stereocenters. The average molecular weight is 330 g/mol. The van der Waals surface area contributed by atoms with Gasteiger partial charge in [0.1, 0.15) is 5.82 Å². The van der Waals surface area contributed by atoms with Gasteiger partial charge in [0, 0.05) is 11.1 Å². The predicted molar refractivity (Wildman–Crippen MR) is 98.2 cm³/mol. The molecule has 0 bridgehead atoms. The summed E-state index contributed by atoms with van der Waals surface area (Å²) in [6.07, 6.45) is 8.79. The van der Waals surface area contributed by atoms with E-state index in [2.05, 4.69) is 42.5 Å². The minimum Gasteiger partial charge on any atom is -0.361 e. The quantitative estimate of drug-likeness (QED) is 0.793. The summed E-state index contributed by atoms with van der Waals surface area (Å²) in [6, 6.07) is 2.69. The van der Waals surface area contributed by atoms with Crippen LogP contribution in [0.2, 0.25) is 0 Å². The Kier molecular flexibility index (Phi) is 5.31. The van der Waals surface area contributed by atoms with E-state index in [-0.39, 0.29) is 0 Å². The van der Waals surface area contributed by atoms with Crippen molar-refractivity contribution in [3.8, 4) is 0 Å². The molecule has 4 heteroatoms. The van der Waals surface area contributed by atoms with Gasteiger partial charge in [-0.05, 0) is 55.0 Å². The molecule has 2 heterocycles. The van der Waals surface area contributed by atoms with Crippen LogP contribution in [0.3, 0.4) is 0 Å². The van der Waals surface area contributed by atoms with Crippen LogP contribution in [0.1, 0.15) is 67.9 Å². The van der Waals surface area contributed by atoms with Crippen molar-refractivity contribution in [2.24, 2.45) is 5.92 Å². The van der Waals surface area contributed by atoms with Gasteiger partial charge in [-0.3, -0.25) is 4.98 Å². The van der Waals surface area contributed by atoms with Crippen molar-refractivity contribution >= 4 is 17.2 Å². The van der Waals surface area contributed by atoms with Gasteiger partial charge in [0.25, 0.3) is 0 Å². The summed E-state index contributed by atoms with van der Waals surface area (Å²) in [5.74, 6) is 1.69. The molecule has 0 unspecified atom stereocenters. The summed E-state index contributed by atoms with van der Waals surface area (Å²) in [7, 11) is 0. The van der Waals surface area contributed by atoms with Crippen LogP contribution in [0.15, 0.2) is 17.6 Å². The molecular weight excluding hydrogens is 302 g/mol. The molecule has 3 rings (SSSR count). The first kappa shape index (κ1) is 16.4. The third-order valence-corrected chi connectivity index (χ3v) is 5.87. The zero-order chi connectivity index (χ0) is 16.2. The van der Waals surface area contributed by atoms with Crippen LogP contribution in [0.5, 0.6) is 0 Å². The number of rotatable bonds is 6. The molecular formula is C19H27N3S. The second kappa shape index (κ2) is 7.43. The number of aryl methyl sites for hydroxylation is 3. The number of nitrogens with one attached hydrogen (secondary N) is 1. The van der Waals surface area contributed by atoms with Gasteiger partial charge in [-0.2, -0.15) is 0 Å². The van der Waals surface area contributed by atoms with Crippen LogP contribution in [0, 0.1) is 5.92 Å². The van der Waals surface area contributed by atoms with Crippen molar-refractivity contribution in [1.82, 2.24) is 9.97 Å². The first-order chi connectivity index (χ1) is 11.3. The lowest BCUT2D eigenvalue weighted by Gasteiger charge is -2.33. The van der Waals surface area contributed by atoms with E-state index in [9.17, 15) is 0 Å². The van der Waals surface area contributed by atoms with Gasteiger partial charge >= 0.3 is 0 Å². The van der Waals surface area contributed by atoms with E-state index in [1.807, 2.05) is 17.5 Å². The third kappa shape index (κ3) is 3.42. The number of aromatic nitrogens is 2. The van der Waals surface area contributed by atoms with Crippen LogP contribution in [0.25, 0.3) is 0 Å². The summed E-state index contributed by atoms with van der Waals surface area (Å²) in [4.78, 5) is 11.0. The Balaban J connectivity index is 1.93. The molecule has 124 valence electrons. The Hall–Kier alpha value is -1.42. The van der Waals surface area contributed by atoms with Crippen molar-refractivity contribution in [3.63, 3.8) is 0 Å². The summed E-state index contributed by atoms with van der Waals surface area (Å²) in [5, 5.41) is 6.02. The van der Waals surface area contributed by atoms with Crippen molar-refractivity contribution in [2.45, 2.75) is 65.3 Å². The molecule has 0 saturated heterocycles. The Morgan fingerprint density at radius 3 is 2.87 bits per heavy atom.